The van der Waals surface area contributed by atoms with Crippen molar-refractivity contribution >= 4 is 14.3 Å². The van der Waals surface area contributed by atoms with Gasteiger partial charge in [-0.05, 0) is 23.7 Å². The lowest BCUT2D eigenvalue weighted by Gasteiger charge is -2.38. The Morgan fingerprint density at radius 1 is 1.00 bits per heavy atom. The van der Waals surface area contributed by atoms with Crippen molar-refractivity contribution in [2.75, 3.05) is 0 Å². The third-order valence-electron chi connectivity index (χ3n) is 5.85. The Bertz CT molecular complexity index is 755. The summed E-state index contributed by atoms with van der Waals surface area (Å²) in [6, 6.07) is 11.0. The molecule has 0 spiro atoms. The number of halogens is 6. The van der Waals surface area contributed by atoms with Crippen LogP contribution in [0.2, 0.25) is 18.1 Å². The molecule has 0 heterocycles. The Hall–Kier alpha value is -1.85. The molecule has 0 unspecified atom stereocenters. The third-order valence-corrected chi connectivity index (χ3v) is 10.5. The molecule has 0 bridgehead atoms. The molecule has 1 aromatic carbocycles. The number of aliphatic hydroxyl groups is 1. The monoisotopic (exact) mass is 500 g/mol. The van der Waals surface area contributed by atoms with Crippen LogP contribution in [-0.4, -0.2) is 44.0 Å². The van der Waals surface area contributed by atoms with Crippen LogP contribution in [0.3, 0.4) is 0 Å². The molecule has 0 aliphatic heterocycles. The summed E-state index contributed by atoms with van der Waals surface area (Å²) in [5, 5.41) is 10.7. The number of rotatable bonds is 11. The molecule has 0 saturated carbocycles. The molecule has 0 amide bonds. The van der Waals surface area contributed by atoms with E-state index in [2.05, 4.69) is 11.3 Å². The topological polar surface area (TPSA) is 55.8 Å². The molecule has 0 saturated heterocycles. The summed E-state index contributed by atoms with van der Waals surface area (Å²) in [6.07, 6.45) is -18.6. The average Bonchev–Trinajstić information content (AvgIpc) is 2.76. The van der Waals surface area contributed by atoms with Crippen LogP contribution in [0.5, 0.6) is 0 Å². The van der Waals surface area contributed by atoms with E-state index in [1.165, 1.54) is 6.92 Å². The fourth-order valence-electron chi connectivity index (χ4n) is 3.50. The van der Waals surface area contributed by atoms with Gasteiger partial charge >= 0.3 is 18.3 Å². The van der Waals surface area contributed by atoms with Gasteiger partial charge in [-0.3, -0.25) is 0 Å². The van der Waals surface area contributed by atoms with Gasteiger partial charge in [0.05, 0.1) is 17.8 Å². The van der Waals surface area contributed by atoms with E-state index in [9.17, 15) is 36.2 Å². The predicted octanol–water partition coefficient (Wildman–Crippen LogP) is 6.34. The SMILES string of the molecule is C=C(C(=O)OC(C(F)(F)F)C(F)(F)F)[C@H](O)[C@H](C)[C@@H](O[Si](CC)(CC)CC)c1ccccc1. The van der Waals surface area contributed by atoms with Crippen LogP contribution in [0.25, 0.3) is 0 Å². The summed E-state index contributed by atoms with van der Waals surface area (Å²) in [5.74, 6) is -2.90. The minimum Gasteiger partial charge on any atom is -0.439 e. The molecule has 11 heteroatoms. The lowest BCUT2D eigenvalue weighted by atomic mass is 9.89. The highest BCUT2D eigenvalue weighted by Crippen LogP contribution is 2.39. The molecule has 1 rings (SSSR count). The molecular formula is C22H30F6O4Si. The average molecular weight is 501 g/mol. The summed E-state index contributed by atoms with van der Waals surface area (Å²) in [6.45, 7) is 10.7. The zero-order chi connectivity index (χ0) is 25.6. The second kappa shape index (κ2) is 11.5. The van der Waals surface area contributed by atoms with Gasteiger partial charge in [-0.25, -0.2) is 4.79 Å². The molecule has 0 aromatic heterocycles. The fraction of sp³-hybridized carbons (Fsp3) is 0.591. The molecule has 4 nitrogen and oxygen atoms in total. The molecular weight excluding hydrogens is 470 g/mol. The molecule has 0 radical (unpaired) electrons. The van der Waals surface area contributed by atoms with Crippen molar-refractivity contribution in [1.82, 2.24) is 0 Å². The van der Waals surface area contributed by atoms with Crippen LogP contribution in [-0.2, 0) is 14.0 Å². The zero-order valence-electron chi connectivity index (χ0n) is 19.0. The van der Waals surface area contributed by atoms with Crippen LogP contribution < -0.4 is 0 Å². The summed E-state index contributed by atoms with van der Waals surface area (Å²) in [4.78, 5) is 12.1. The van der Waals surface area contributed by atoms with E-state index < -0.39 is 56.4 Å². The van der Waals surface area contributed by atoms with Crippen LogP contribution in [0.15, 0.2) is 42.5 Å². The van der Waals surface area contributed by atoms with Crippen LogP contribution in [0, 0.1) is 5.92 Å². The van der Waals surface area contributed by atoms with Crippen molar-refractivity contribution in [3.63, 3.8) is 0 Å². The minimum atomic E-state index is -5.87. The summed E-state index contributed by atoms with van der Waals surface area (Å²) < 4.78 is 86.7. The molecule has 188 valence electrons. The maximum atomic E-state index is 12.7. The van der Waals surface area contributed by atoms with Crippen molar-refractivity contribution in [3.8, 4) is 0 Å². The largest absolute Gasteiger partial charge is 0.439 e. The van der Waals surface area contributed by atoms with E-state index in [4.69, 9.17) is 4.43 Å². The number of esters is 1. The zero-order valence-corrected chi connectivity index (χ0v) is 20.0. The third kappa shape index (κ3) is 7.58. The Morgan fingerprint density at radius 2 is 1.45 bits per heavy atom. The van der Waals surface area contributed by atoms with Gasteiger partial charge < -0.3 is 14.3 Å². The number of carbonyl (C=O) groups is 1. The van der Waals surface area contributed by atoms with Gasteiger partial charge in [0, 0.05) is 5.92 Å². The first-order chi connectivity index (χ1) is 15.1. The second-order valence-electron chi connectivity index (χ2n) is 7.89. The minimum absolute atomic E-state index is 0.654. The van der Waals surface area contributed by atoms with Crippen LogP contribution in [0.1, 0.15) is 39.4 Å². The Kier molecular flexibility index (Phi) is 10.2. The number of hydrogen-bond acceptors (Lipinski definition) is 4. The highest BCUT2D eigenvalue weighted by Gasteiger charge is 2.60. The van der Waals surface area contributed by atoms with Crippen molar-refractivity contribution < 1.29 is 45.4 Å². The number of hydrogen-bond donors (Lipinski definition) is 1. The molecule has 1 N–H and O–H groups in total. The van der Waals surface area contributed by atoms with Gasteiger partial charge in [0.15, 0.2) is 8.32 Å². The lowest BCUT2D eigenvalue weighted by molar-refractivity contribution is -0.312. The Balaban J connectivity index is 3.20. The van der Waals surface area contributed by atoms with E-state index in [1.807, 2.05) is 20.8 Å². The van der Waals surface area contributed by atoms with Gasteiger partial charge in [-0.1, -0.05) is 64.6 Å². The number of ether oxygens (including phenoxy) is 1. The smallest absolute Gasteiger partial charge is 0.434 e. The predicted molar refractivity (Wildman–Crippen MR) is 114 cm³/mol. The quantitative estimate of drug-likeness (QED) is 0.167. The van der Waals surface area contributed by atoms with E-state index in [0.717, 1.165) is 18.1 Å². The Labute approximate surface area is 190 Å². The molecule has 0 aliphatic carbocycles. The van der Waals surface area contributed by atoms with Crippen molar-refractivity contribution in [2.24, 2.45) is 5.92 Å². The number of carbonyl (C=O) groups excluding carboxylic acids is 1. The van der Waals surface area contributed by atoms with Gasteiger partial charge in [0.2, 0.25) is 0 Å². The van der Waals surface area contributed by atoms with Crippen LogP contribution >= 0.6 is 0 Å². The lowest BCUT2D eigenvalue weighted by Crippen LogP contribution is -2.46. The first kappa shape index (κ1) is 29.2. The number of benzene rings is 1. The fourth-order valence-corrected chi connectivity index (χ4v) is 6.39. The molecule has 3 atom stereocenters. The number of alkyl halides is 6. The summed E-state index contributed by atoms with van der Waals surface area (Å²) >= 11 is 0. The van der Waals surface area contributed by atoms with Gasteiger partial charge in [-0.15, -0.1) is 0 Å². The van der Waals surface area contributed by atoms with E-state index >= 15 is 0 Å². The highest BCUT2D eigenvalue weighted by molar-refractivity contribution is 6.73. The standard InChI is InChI=1S/C22H30F6O4Si/c1-6-33(7-2,8-3)32-18(16-12-10-9-11-13-16)14(4)17(29)15(5)19(30)31-20(21(23,24)25)22(26,27)28/h9-14,17-18,20,29H,5-8H2,1-4H3/t14-,17+,18+/m0/s1. The van der Waals surface area contributed by atoms with Crippen molar-refractivity contribution in [1.29, 1.82) is 0 Å². The first-order valence-electron chi connectivity index (χ1n) is 10.6. The van der Waals surface area contributed by atoms with E-state index in [-0.39, 0.29) is 0 Å². The first-order valence-corrected chi connectivity index (χ1v) is 13.1. The van der Waals surface area contributed by atoms with Gasteiger partial charge in [-0.2, -0.15) is 26.3 Å². The van der Waals surface area contributed by atoms with Gasteiger partial charge in [0.1, 0.15) is 0 Å². The van der Waals surface area contributed by atoms with E-state index in [0.29, 0.717) is 5.56 Å². The number of aliphatic hydroxyl groups excluding tert-OH is 1. The highest BCUT2D eigenvalue weighted by atomic mass is 28.4. The summed E-state index contributed by atoms with van der Waals surface area (Å²) in [5.41, 5.74) is -0.261. The second-order valence-corrected chi connectivity index (χ2v) is 12.6. The maximum absolute atomic E-state index is 12.7. The van der Waals surface area contributed by atoms with Gasteiger partial charge in [0.25, 0.3) is 6.10 Å². The Morgan fingerprint density at radius 3 is 1.85 bits per heavy atom. The molecule has 0 fully saturated rings. The van der Waals surface area contributed by atoms with E-state index in [1.54, 1.807) is 30.3 Å². The molecule has 0 aliphatic rings. The molecule has 1 aromatic rings. The van der Waals surface area contributed by atoms with Crippen LogP contribution in [0.4, 0.5) is 26.3 Å². The normalized spacial score (nSPS) is 15.8. The molecule has 33 heavy (non-hydrogen) atoms. The maximum Gasteiger partial charge on any atom is 0.434 e. The van der Waals surface area contributed by atoms with Crippen molar-refractivity contribution in [2.45, 2.75) is 76.5 Å². The summed E-state index contributed by atoms with van der Waals surface area (Å²) in [7, 11) is -2.26. The van der Waals surface area contributed by atoms with Crippen molar-refractivity contribution in [3.05, 3.63) is 48.0 Å².